The number of hydrogen-bond donors (Lipinski definition) is 2. The first kappa shape index (κ1) is 23.8. The van der Waals surface area contributed by atoms with Crippen LogP contribution < -0.4 is 0 Å². The Morgan fingerprint density at radius 2 is 1.59 bits per heavy atom. The minimum atomic E-state index is -0.832. The van der Waals surface area contributed by atoms with Crippen LogP contribution in [0.5, 0.6) is 0 Å². The molecule has 4 heteroatoms. The van der Waals surface area contributed by atoms with Gasteiger partial charge in [0.1, 0.15) is 6.10 Å². The van der Waals surface area contributed by atoms with Crippen molar-refractivity contribution >= 4 is 5.97 Å². The Morgan fingerprint density at radius 3 is 2.26 bits per heavy atom. The molecule has 0 radical (unpaired) electrons. The van der Waals surface area contributed by atoms with E-state index in [-0.39, 0.29) is 57.1 Å². The number of aliphatic hydroxyl groups excluding tert-OH is 1. The van der Waals surface area contributed by atoms with E-state index in [2.05, 4.69) is 34.6 Å². The molecule has 6 rings (SSSR count). The van der Waals surface area contributed by atoms with Crippen molar-refractivity contribution in [3.63, 3.8) is 0 Å². The van der Waals surface area contributed by atoms with Gasteiger partial charge in [0.25, 0.3) is 0 Å². The summed E-state index contributed by atoms with van der Waals surface area (Å²) in [6, 6.07) is 0. The lowest BCUT2D eigenvalue weighted by Crippen LogP contribution is -2.68. The Kier molecular flexibility index (Phi) is 4.63. The smallest absolute Gasteiger partial charge is 0.312 e. The number of fused-ring (bicyclic) bond motifs is 7. The van der Waals surface area contributed by atoms with Crippen LogP contribution in [-0.4, -0.2) is 34.0 Å². The Labute approximate surface area is 206 Å². The third-order valence-electron chi connectivity index (χ3n) is 13.9. The molecular weight excluding hydrogens is 424 g/mol. The number of esters is 1. The third-order valence-corrected chi connectivity index (χ3v) is 13.9. The Morgan fingerprint density at radius 1 is 0.882 bits per heavy atom. The second kappa shape index (κ2) is 6.63. The van der Waals surface area contributed by atoms with E-state index in [0.717, 1.165) is 32.1 Å². The van der Waals surface area contributed by atoms with E-state index in [1.165, 1.54) is 25.7 Å². The van der Waals surface area contributed by atoms with E-state index in [0.29, 0.717) is 17.8 Å². The molecule has 0 aromatic heterocycles. The highest BCUT2D eigenvalue weighted by Gasteiger charge is 2.76. The molecule has 3 unspecified atom stereocenters. The van der Waals surface area contributed by atoms with Crippen molar-refractivity contribution in [2.45, 2.75) is 124 Å². The van der Waals surface area contributed by atoms with Crippen LogP contribution in [0.15, 0.2) is 0 Å². The number of rotatable bonds is 1. The zero-order chi connectivity index (χ0) is 24.7. The fourth-order valence-corrected chi connectivity index (χ4v) is 12.2. The van der Waals surface area contributed by atoms with Gasteiger partial charge in [-0.3, -0.25) is 4.79 Å². The van der Waals surface area contributed by atoms with Gasteiger partial charge in [-0.2, -0.15) is 0 Å². The van der Waals surface area contributed by atoms with Gasteiger partial charge in [0.2, 0.25) is 0 Å². The van der Waals surface area contributed by atoms with Gasteiger partial charge in [-0.25, -0.2) is 0 Å². The quantitative estimate of drug-likeness (QED) is 0.478. The minimum Gasteiger partial charge on any atom is -0.461 e. The molecule has 0 aromatic rings. The van der Waals surface area contributed by atoms with Crippen LogP contribution >= 0.6 is 0 Å². The monoisotopic (exact) mass is 472 g/mol. The molecule has 6 aliphatic rings. The molecule has 11 atom stereocenters. The van der Waals surface area contributed by atoms with Crippen molar-refractivity contribution < 1.29 is 19.7 Å². The summed E-state index contributed by atoms with van der Waals surface area (Å²) in [6.45, 7) is 16.3. The number of aliphatic hydroxyl groups is 2. The van der Waals surface area contributed by atoms with Gasteiger partial charge in [0.15, 0.2) is 0 Å². The second-order valence-electron chi connectivity index (χ2n) is 15.6. The molecule has 0 aromatic carbocycles. The maximum absolute atomic E-state index is 13.2. The maximum atomic E-state index is 13.2. The summed E-state index contributed by atoms with van der Waals surface area (Å²) in [5.41, 5.74) is -0.543. The zero-order valence-electron chi connectivity index (χ0n) is 22.6. The molecule has 5 aliphatic carbocycles. The number of hydrogen-bond acceptors (Lipinski definition) is 4. The number of carbonyl (C=O) groups excluding carboxylic acids is 1. The van der Waals surface area contributed by atoms with Gasteiger partial charge in [0, 0.05) is 12.3 Å². The summed E-state index contributed by atoms with van der Waals surface area (Å²) in [6.07, 6.45) is 9.43. The van der Waals surface area contributed by atoms with E-state index in [1.54, 1.807) is 0 Å². The van der Waals surface area contributed by atoms with E-state index >= 15 is 0 Å². The molecule has 1 aliphatic heterocycles. The molecule has 6 fully saturated rings. The van der Waals surface area contributed by atoms with Crippen molar-refractivity contribution in [1.82, 2.24) is 0 Å². The molecule has 1 saturated heterocycles. The van der Waals surface area contributed by atoms with Gasteiger partial charge >= 0.3 is 5.97 Å². The maximum Gasteiger partial charge on any atom is 0.312 e. The lowest BCUT2D eigenvalue weighted by Gasteiger charge is -2.73. The van der Waals surface area contributed by atoms with Crippen LogP contribution in [0.1, 0.15) is 106 Å². The lowest BCUT2D eigenvalue weighted by molar-refractivity contribution is -0.257. The van der Waals surface area contributed by atoms with E-state index in [4.69, 9.17) is 4.74 Å². The summed E-state index contributed by atoms with van der Waals surface area (Å²) in [5.74, 6) is 2.02. The largest absolute Gasteiger partial charge is 0.461 e. The molecule has 2 N–H and O–H groups in total. The van der Waals surface area contributed by atoms with Crippen molar-refractivity contribution in [2.75, 3.05) is 0 Å². The van der Waals surface area contributed by atoms with Crippen molar-refractivity contribution in [1.29, 1.82) is 0 Å². The SMILES string of the molecule is CC(C)(O)[C@@H]1[C@@H]2C[C@@]3(CC[C@]4(C)C(CCC5[C@@]6(C)CC[C@H](O)C(C)(C)C6CC[C@]54C)[C@@H]13)C(=O)O2. The molecule has 192 valence electrons. The Hall–Kier alpha value is -0.610. The Bertz CT molecular complexity index is 904. The van der Waals surface area contributed by atoms with Crippen LogP contribution in [0, 0.1) is 56.7 Å². The van der Waals surface area contributed by atoms with Gasteiger partial charge < -0.3 is 14.9 Å². The normalized spacial score (nSPS) is 57.8. The summed E-state index contributed by atoms with van der Waals surface area (Å²) in [5, 5.41) is 22.2. The van der Waals surface area contributed by atoms with Crippen LogP contribution in [0.3, 0.4) is 0 Å². The summed E-state index contributed by atoms with van der Waals surface area (Å²) in [4.78, 5) is 13.2. The standard InChI is InChI=1S/C30H48O4/c1-25(2)19-10-13-29(7)20(27(19,5)12-11-21(25)31)9-8-17-22-23(26(3,4)33)18-16-30(22,24(32)34-18)15-14-28(17,29)6/h17-23,31,33H,8-16H2,1-7H3/t17?,18-,19?,20?,21-,22-,23+,27-,28+,29+,30+/m0/s1. The first-order valence-electron chi connectivity index (χ1n) is 14.2. The van der Waals surface area contributed by atoms with Gasteiger partial charge in [-0.1, -0.05) is 34.6 Å². The molecule has 34 heavy (non-hydrogen) atoms. The van der Waals surface area contributed by atoms with Gasteiger partial charge in [0.05, 0.1) is 17.1 Å². The van der Waals surface area contributed by atoms with Crippen molar-refractivity contribution in [3.8, 4) is 0 Å². The summed E-state index contributed by atoms with van der Waals surface area (Å²) >= 11 is 0. The fourth-order valence-electron chi connectivity index (χ4n) is 12.2. The van der Waals surface area contributed by atoms with Gasteiger partial charge in [-0.05, 0) is 111 Å². The fraction of sp³-hybridized carbons (Fsp3) is 0.967. The molecule has 5 saturated carbocycles. The highest BCUT2D eigenvalue weighted by Crippen LogP contribution is 2.78. The number of carbonyl (C=O) groups is 1. The zero-order valence-corrected chi connectivity index (χ0v) is 22.6. The molecule has 1 heterocycles. The average Bonchev–Trinajstić information content (AvgIpc) is 3.23. The molecule has 1 spiro atoms. The van der Waals surface area contributed by atoms with Crippen LogP contribution in [-0.2, 0) is 9.53 Å². The van der Waals surface area contributed by atoms with E-state index in [1.807, 2.05) is 13.8 Å². The predicted molar refractivity (Wildman–Crippen MR) is 132 cm³/mol. The highest BCUT2D eigenvalue weighted by atomic mass is 16.6. The molecule has 4 nitrogen and oxygen atoms in total. The van der Waals surface area contributed by atoms with Crippen molar-refractivity contribution in [2.24, 2.45) is 56.7 Å². The molecular formula is C30H48O4. The van der Waals surface area contributed by atoms with E-state index in [9.17, 15) is 15.0 Å². The third kappa shape index (κ3) is 2.51. The highest BCUT2D eigenvalue weighted by molar-refractivity contribution is 5.81. The molecule has 0 amide bonds. The second-order valence-corrected chi connectivity index (χ2v) is 15.6. The lowest BCUT2D eigenvalue weighted by atomic mass is 9.32. The van der Waals surface area contributed by atoms with E-state index < -0.39 is 5.60 Å². The van der Waals surface area contributed by atoms with Crippen molar-refractivity contribution in [3.05, 3.63) is 0 Å². The first-order valence-corrected chi connectivity index (χ1v) is 14.2. The number of ether oxygens (including phenoxy) is 1. The molecule has 2 bridgehead atoms. The van der Waals surface area contributed by atoms with Crippen LogP contribution in [0.25, 0.3) is 0 Å². The Balaban J connectivity index is 1.42. The van der Waals surface area contributed by atoms with Crippen LogP contribution in [0.2, 0.25) is 0 Å². The summed E-state index contributed by atoms with van der Waals surface area (Å²) in [7, 11) is 0. The summed E-state index contributed by atoms with van der Waals surface area (Å²) < 4.78 is 5.90. The average molecular weight is 473 g/mol. The minimum absolute atomic E-state index is 0.0247. The van der Waals surface area contributed by atoms with Crippen LogP contribution in [0.4, 0.5) is 0 Å². The first-order chi connectivity index (χ1) is 15.6. The van der Waals surface area contributed by atoms with Gasteiger partial charge in [-0.15, -0.1) is 0 Å². The predicted octanol–water partition coefficient (Wildman–Crippen LogP) is 5.74. The topological polar surface area (TPSA) is 66.8 Å².